The second-order valence-electron chi connectivity index (χ2n) is 6.88. The van der Waals surface area contributed by atoms with Gasteiger partial charge in [-0.25, -0.2) is 5.01 Å². The first-order chi connectivity index (χ1) is 13.1. The lowest BCUT2D eigenvalue weighted by Gasteiger charge is -2.36. The van der Waals surface area contributed by atoms with Gasteiger partial charge in [0.25, 0.3) is 5.91 Å². The van der Waals surface area contributed by atoms with Gasteiger partial charge in [-0.1, -0.05) is 48.4 Å². The minimum Gasteiger partial charge on any atom is -0.496 e. The van der Waals surface area contributed by atoms with E-state index in [0.717, 1.165) is 32.2 Å². The first-order valence-corrected chi connectivity index (χ1v) is 9.71. The molecule has 0 aromatic heterocycles. The Bertz CT molecular complexity index is 787. The zero-order chi connectivity index (χ0) is 19.2. The van der Waals surface area contributed by atoms with Crippen molar-refractivity contribution in [3.63, 3.8) is 0 Å². The van der Waals surface area contributed by atoms with Crippen molar-refractivity contribution in [1.29, 1.82) is 0 Å². The number of methoxy groups -OCH3 is 1. The number of nitrogens with zero attached hydrogens (tertiary/aromatic N) is 1. The number of hydrogen-bond donors (Lipinski definition) is 2. The summed E-state index contributed by atoms with van der Waals surface area (Å²) >= 11 is 6.10. The van der Waals surface area contributed by atoms with E-state index in [-0.39, 0.29) is 18.3 Å². The van der Waals surface area contributed by atoms with Crippen LogP contribution in [-0.4, -0.2) is 30.6 Å². The van der Waals surface area contributed by atoms with Crippen molar-refractivity contribution in [2.45, 2.75) is 38.1 Å². The molecule has 1 heterocycles. The third-order valence-corrected chi connectivity index (χ3v) is 5.37. The van der Waals surface area contributed by atoms with Crippen LogP contribution in [0.2, 0.25) is 5.02 Å². The zero-order valence-corrected chi connectivity index (χ0v) is 17.6. The molecule has 1 fully saturated rings. The van der Waals surface area contributed by atoms with Gasteiger partial charge in [-0.15, -0.1) is 12.4 Å². The second kappa shape index (κ2) is 10.6. The van der Waals surface area contributed by atoms with Gasteiger partial charge in [-0.05, 0) is 37.3 Å². The SMILES string of the molecule is COc1cc(N)c(Cl)cc1C(=O)NN1CCCCC1CCc1ccccc1.Cl. The van der Waals surface area contributed by atoms with Crippen LogP contribution in [-0.2, 0) is 6.42 Å². The van der Waals surface area contributed by atoms with E-state index in [4.69, 9.17) is 22.1 Å². The smallest absolute Gasteiger partial charge is 0.269 e. The van der Waals surface area contributed by atoms with E-state index >= 15 is 0 Å². The van der Waals surface area contributed by atoms with Crippen molar-refractivity contribution in [2.75, 3.05) is 19.4 Å². The number of hydrazine groups is 1. The number of nitrogens with one attached hydrogen (secondary N) is 1. The van der Waals surface area contributed by atoms with Crippen molar-refractivity contribution >= 4 is 35.6 Å². The molecule has 1 amide bonds. The van der Waals surface area contributed by atoms with E-state index in [0.29, 0.717) is 28.1 Å². The maximum atomic E-state index is 12.8. The van der Waals surface area contributed by atoms with Crippen LogP contribution in [0.3, 0.4) is 0 Å². The average Bonchev–Trinajstić information content (AvgIpc) is 2.69. The van der Waals surface area contributed by atoms with Crippen LogP contribution in [0.1, 0.15) is 41.6 Å². The molecular weight excluding hydrogens is 397 g/mol. The molecule has 2 aromatic carbocycles. The van der Waals surface area contributed by atoms with Crippen molar-refractivity contribution < 1.29 is 9.53 Å². The van der Waals surface area contributed by atoms with Gasteiger partial charge in [0.05, 0.1) is 23.4 Å². The van der Waals surface area contributed by atoms with Gasteiger partial charge in [0.1, 0.15) is 5.75 Å². The summed E-state index contributed by atoms with van der Waals surface area (Å²) in [6.45, 7) is 0.843. The van der Waals surface area contributed by atoms with E-state index in [1.807, 2.05) is 6.07 Å². The molecule has 0 radical (unpaired) electrons. The number of hydrogen-bond acceptors (Lipinski definition) is 4. The average molecular weight is 424 g/mol. The maximum absolute atomic E-state index is 12.8. The highest BCUT2D eigenvalue weighted by atomic mass is 35.5. The van der Waals surface area contributed by atoms with E-state index in [9.17, 15) is 4.79 Å². The van der Waals surface area contributed by atoms with Gasteiger partial charge in [-0.3, -0.25) is 10.2 Å². The fourth-order valence-corrected chi connectivity index (χ4v) is 3.70. The molecule has 7 heteroatoms. The van der Waals surface area contributed by atoms with E-state index in [1.54, 1.807) is 12.1 Å². The molecular formula is C21H27Cl2N3O2. The van der Waals surface area contributed by atoms with Crippen LogP contribution in [0, 0.1) is 0 Å². The Labute approximate surface area is 177 Å². The predicted octanol–water partition coefficient (Wildman–Crippen LogP) is 4.48. The summed E-state index contributed by atoms with van der Waals surface area (Å²) in [4.78, 5) is 12.8. The lowest BCUT2D eigenvalue weighted by atomic mass is 9.97. The number of anilines is 1. The van der Waals surface area contributed by atoms with Crippen molar-refractivity contribution in [2.24, 2.45) is 0 Å². The number of benzene rings is 2. The molecule has 2 aromatic rings. The fourth-order valence-electron chi connectivity index (χ4n) is 3.53. The van der Waals surface area contributed by atoms with E-state index < -0.39 is 0 Å². The number of aryl methyl sites for hydroxylation is 1. The number of amides is 1. The zero-order valence-electron chi connectivity index (χ0n) is 16.0. The van der Waals surface area contributed by atoms with Crippen LogP contribution in [0.25, 0.3) is 0 Å². The Morgan fingerprint density at radius 2 is 2.04 bits per heavy atom. The highest BCUT2D eigenvalue weighted by Crippen LogP contribution is 2.29. The molecule has 1 saturated heterocycles. The predicted molar refractivity (Wildman–Crippen MR) is 116 cm³/mol. The Morgan fingerprint density at radius 3 is 2.75 bits per heavy atom. The largest absolute Gasteiger partial charge is 0.496 e. The van der Waals surface area contributed by atoms with Gasteiger partial charge in [0.15, 0.2) is 0 Å². The first kappa shape index (κ1) is 22.3. The normalized spacial score (nSPS) is 16.9. The molecule has 3 rings (SSSR count). The standard InChI is InChI=1S/C21H26ClN3O2.ClH/c1-27-20-14-19(23)18(22)13-17(20)21(26)24-25-12-6-5-9-16(25)11-10-15-7-3-2-4-8-15;/h2-4,7-8,13-14,16H,5-6,9-12,23H2,1H3,(H,24,26);1H. The van der Waals surface area contributed by atoms with Gasteiger partial charge < -0.3 is 10.5 Å². The molecule has 0 spiro atoms. The number of carbonyl (C=O) groups excluding carboxylic acids is 1. The third kappa shape index (κ3) is 5.53. The Balaban J connectivity index is 0.00000280. The number of nitrogen functional groups attached to an aromatic ring is 1. The summed E-state index contributed by atoms with van der Waals surface area (Å²) < 4.78 is 5.31. The second-order valence-corrected chi connectivity index (χ2v) is 7.29. The molecule has 1 aliphatic heterocycles. The Kier molecular flexibility index (Phi) is 8.42. The number of rotatable bonds is 6. The molecule has 152 valence electrons. The monoisotopic (exact) mass is 423 g/mol. The van der Waals surface area contributed by atoms with Gasteiger partial charge >= 0.3 is 0 Å². The van der Waals surface area contributed by atoms with Crippen LogP contribution in [0.5, 0.6) is 5.75 Å². The molecule has 28 heavy (non-hydrogen) atoms. The molecule has 0 saturated carbocycles. The van der Waals surface area contributed by atoms with Gasteiger partial charge in [0, 0.05) is 18.7 Å². The van der Waals surface area contributed by atoms with Crippen LogP contribution < -0.4 is 15.9 Å². The highest BCUT2D eigenvalue weighted by molar-refractivity contribution is 6.33. The lowest BCUT2D eigenvalue weighted by molar-refractivity contribution is 0.0550. The van der Waals surface area contributed by atoms with Crippen LogP contribution in [0.15, 0.2) is 42.5 Å². The van der Waals surface area contributed by atoms with Crippen LogP contribution in [0.4, 0.5) is 5.69 Å². The van der Waals surface area contributed by atoms with Crippen molar-refractivity contribution in [1.82, 2.24) is 10.4 Å². The highest BCUT2D eigenvalue weighted by Gasteiger charge is 2.25. The van der Waals surface area contributed by atoms with E-state index in [1.165, 1.54) is 19.1 Å². The Hall–Kier alpha value is -1.95. The molecule has 3 N–H and O–H groups in total. The summed E-state index contributed by atoms with van der Waals surface area (Å²) in [7, 11) is 1.52. The Morgan fingerprint density at radius 1 is 1.29 bits per heavy atom. The van der Waals surface area contributed by atoms with Gasteiger partial charge in [0.2, 0.25) is 0 Å². The number of piperidine rings is 1. The molecule has 0 aliphatic carbocycles. The van der Waals surface area contributed by atoms with Crippen LogP contribution >= 0.6 is 24.0 Å². The number of ether oxygens (including phenoxy) is 1. The molecule has 0 bridgehead atoms. The summed E-state index contributed by atoms with van der Waals surface area (Å²) in [6.07, 6.45) is 5.33. The minimum atomic E-state index is -0.222. The molecule has 1 unspecified atom stereocenters. The minimum absolute atomic E-state index is 0. The summed E-state index contributed by atoms with van der Waals surface area (Å²) in [5.41, 5.74) is 11.0. The van der Waals surface area contributed by atoms with E-state index in [2.05, 4.69) is 34.7 Å². The lowest BCUT2D eigenvalue weighted by Crippen LogP contribution is -2.51. The fraction of sp³-hybridized carbons (Fsp3) is 0.381. The molecule has 1 atom stereocenters. The number of carbonyl (C=O) groups is 1. The van der Waals surface area contributed by atoms with Crippen molar-refractivity contribution in [3.05, 3.63) is 58.6 Å². The third-order valence-electron chi connectivity index (χ3n) is 5.04. The maximum Gasteiger partial charge on any atom is 0.269 e. The first-order valence-electron chi connectivity index (χ1n) is 9.33. The van der Waals surface area contributed by atoms with Gasteiger partial charge in [-0.2, -0.15) is 0 Å². The topological polar surface area (TPSA) is 67.6 Å². The summed E-state index contributed by atoms with van der Waals surface area (Å²) in [6, 6.07) is 13.9. The van der Waals surface area contributed by atoms with Crippen molar-refractivity contribution in [3.8, 4) is 5.75 Å². The number of halogens is 2. The number of nitrogens with two attached hydrogens (primary N) is 1. The summed E-state index contributed by atoms with van der Waals surface area (Å²) in [5, 5.41) is 2.42. The quantitative estimate of drug-likeness (QED) is 0.671. The summed E-state index contributed by atoms with van der Waals surface area (Å²) in [5.74, 6) is 0.201. The molecule has 1 aliphatic rings. The molecule has 5 nitrogen and oxygen atoms in total.